The number of carbonyl (C=O) groups excluding carboxylic acids is 1. The molecule has 0 fully saturated rings. The van der Waals surface area contributed by atoms with Crippen LogP contribution in [-0.4, -0.2) is 38.7 Å². The van der Waals surface area contributed by atoms with Gasteiger partial charge in [0.1, 0.15) is 5.82 Å². The Kier molecular flexibility index (Phi) is 4.07. The van der Waals surface area contributed by atoms with E-state index in [0.717, 1.165) is 0 Å². The average molecular weight is 260 g/mol. The lowest BCUT2D eigenvalue weighted by atomic mass is 10.3. The maximum absolute atomic E-state index is 11.9. The summed E-state index contributed by atoms with van der Waals surface area (Å²) in [5.74, 6) is 0.394. The van der Waals surface area contributed by atoms with Gasteiger partial charge in [-0.1, -0.05) is 0 Å². The van der Waals surface area contributed by atoms with Gasteiger partial charge in [-0.2, -0.15) is 0 Å². The van der Waals surface area contributed by atoms with Crippen LogP contribution in [0.2, 0.25) is 0 Å². The second kappa shape index (κ2) is 5.94. The van der Waals surface area contributed by atoms with Crippen molar-refractivity contribution in [3.63, 3.8) is 0 Å². The molecule has 7 heteroatoms. The summed E-state index contributed by atoms with van der Waals surface area (Å²) in [6.07, 6.45) is 5.27. The molecule has 2 rings (SSSR count). The van der Waals surface area contributed by atoms with E-state index < -0.39 is 0 Å². The highest BCUT2D eigenvalue weighted by Gasteiger charge is 2.11. The molecule has 1 unspecified atom stereocenters. The molecule has 0 radical (unpaired) electrons. The molecule has 0 aromatic carbocycles. The first-order valence-electron chi connectivity index (χ1n) is 5.97. The van der Waals surface area contributed by atoms with Crippen molar-refractivity contribution in [2.24, 2.45) is 0 Å². The summed E-state index contributed by atoms with van der Waals surface area (Å²) in [4.78, 5) is 15.9. The summed E-state index contributed by atoms with van der Waals surface area (Å²) < 4.78 is 1.90. The molecular formula is C12H16N6O. The molecule has 2 N–H and O–H groups in total. The number of carbonyl (C=O) groups is 1. The molecule has 7 nitrogen and oxygen atoms in total. The van der Waals surface area contributed by atoms with Crippen molar-refractivity contribution >= 4 is 11.7 Å². The Balaban J connectivity index is 1.92. The summed E-state index contributed by atoms with van der Waals surface area (Å²) in [6.45, 7) is 2.58. The minimum Gasteiger partial charge on any atom is -0.372 e. The SMILES string of the molecule is CNc1ccc(C(=O)NC(C)Cn2ccnc2)nn1. The van der Waals surface area contributed by atoms with Crippen LogP contribution in [-0.2, 0) is 6.54 Å². The summed E-state index contributed by atoms with van der Waals surface area (Å²) >= 11 is 0. The summed E-state index contributed by atoms with van der Waals surface area (Å²) in [6, 6.07) is 3.33. The van der Waals surface area contributed by atoms with Crippen LogP contribution in [0.3, 0.4) is 0 Å². The zero-order valence-corrected chi connectivity index (χ0v) is 10.9. The van der Waals surface area contributed by atoms with E-state index in [1.54, 1.807) is 31.7 Å². The van der Waals surface area contributed by atoms with Gasteiger partial charge in [-0.25, -0.2) is 4.98 Å². The second-order valence-corrected chi connectivity index (χ2v) is 4.19. The standard InChI is InChI=1S/C12H16N6O/c1-9(7-18-6-5-14-8-18)15-12(19)10-3-4-11(13-2)17-16-10/h3-6,8-9H,7H2,1-2H3,(H,13,17)(H,15,19). The summed E-state index contributed by atoms with van der Waals surface area (Å²) in [5, 5.41) is 13.4. The van der Waals surface area contributed by atoms with E-state index in [9.17, 15) is 4.79 Å². The van der Waals surface area contributed by atoms with Gasteiger partial charge in [0.05, 0.1) is 6.33 Å². The second-order valence-electron chi connectivity index (χ2n) is 4.19. The van der Waals surface area contributed by atoms with Crippen LogP contribution in [0.15, 0.2) is 30.9 Å². The van der Waals surface area contributed by atoms with E-state index in [2.05, 4.69) is 25.8 Å². The number of nitrogens with zero attached hydrogens (tertiary/aromatic N) is 4. The van der Waals surface area contributed by atoms with E-state index >= 15 is 0 Å². The fourth-order valence-electron chi connectivity index (χ4n) is 1.64. The first-order chi connectivity index (χ1) is 9.19. The molecule has 0 spiro atoms. The van der Waals surface area contributed by atoms with Gasteiger partial charge in [0.25, 0.3) is 5.91 Å². The molecule has 0 aliphatic carbocycles. The zero-order chi connectivity index (χ0) is 13.7. The maximum Gasteiger partial charge on any atom is 0.272 e. The summed E-state index contributed by atoms with van der Waals surface area (Å²) in [7, 11) is 1.75. The first kappa shape index (κ1) is 13.0. The minimum atomic E-state index is -0.234. The number of hydrogen-bond donors (Lipinski definition) is 2. The number of anilines is 1. The molecule has 1 atom stereocenters. The van der Waals surface area contributed by atoms with Crippen LogP contribution in [0.5, 0.6) is 0 Å². The van der Waals surface area contributed by atoms with E-state index in [1.807, 2.05) is 17.7 Å². The highest BCUT2D eigenvalue weighted by molar-refractivity contribution is 5.92. The molecule has 2 heterocycles. The zero-order valence-electron chi connectivity index (χ0n) is 10.9. The monoisotopic (exact) mass is 260 g/mol. The van der Waals surface area contributed by atoms with E-state index in [0.29, 0.717) is 18.1 Å². The third-order valence-electron chi connectivity index (χ3n) is 2.57. The molecule has 19 heavy (non-hydrogen) atoms. The molecule has 0 saturated heterocycles. The van der Waals surface area contributed by atoms with Gasteiger partial charge in [-0.3, -0.25) is 4.79 Å². The highest BCUT2D eigenvalue weighted by Crippen LogP contribution is 2.01. The Morgan fingerprint density at radius 3 is 2.84 bits per heavy atom. The van der Waals surface area contributed by atoms with Crippen molar-refractivity contribution in [2.45, 2.75) is 19.5 Å². The Hall–Kier alpha value is -2.44. The van der Waals surface area contributed by atoms with Gasteiger partial charge in [0.2, 0.25) is 0 Å². The van der Waals surface area contributed by atoms with Gasteiger partial charge in [0, 0.05) is 32.0 Å². The lowest BCUT2D eigenvalue weighted by molar-refractivity contribution is 0.0930. The molecular weight excluding hydrogens is 244 g/mol. The lowest BCUT2D eigenvalue weighted by Crippen LogP contribution is -2.36. The topological polar surface area (TPSA) is 84.7 Å². The smallest absolute Gasteiger partial charge is 0.272 e. The predicted octanol–water partition coefficient (Wildman–Crippen LogP) is 0.533. The fraction of sp³-hybridized carbons (Fsp3) is 0.333. The first-order valence-corrected chi connectivity index (χ1v) is 5.97. The Morgan fingerprint density at radius 1 is 1.42 bits per heavy atom. The van der Waals surface area contributed by atoms with Crippen molar-refractivity contribution in [2.75, 3.05) is 12.4 Å². The van der Waals surface area contributed by atoms with Crippen LogP contribution in [0.25, 0.3) is 0 Å². The largest absolute Gasteiger partial charge is 0.372 e. The number of aromatic nitrogens is 4. The van der Waals surface area contributed by atoms with E-state index in [1.165, 1.54) is 0 Å². The summed E-state index contributed by atoms with van der Waals surface area (Å²) in [5.41, 5.74) is 0.302. The molecule has 0 aliphatic heterocycles. The lowest BCUT2D eigenvalue weighted by Gasteiger charge is -2.13. The molecule has 0 bridgehead atoms. The Bertz CT molecular complexity index is 522. The van der Waals surface area contributed by atoms with Crippen LogP contribution < -0.4 is 10.6 Å². The van der Waals surface area contributed by atoms with Crippen molar-refractivity contribution in [1.82, 2.24) is 25.1 Å². The van der Waals surface area contributed by atoms with E-state index in [4.69, 9.17) is 0 Å². The number of rotatable bonds is 5. The van der Waals surface area contributed by atoms with Crippen LogP contribution in [0, 0.1) is 0 Å². The van der Waals surface area contributed by atoms with Crippen LogP contribution >= 0.6 is 0 Å². The Labute approximate surface area is 111 Å². The fourth-order valence-corrected chi connectivity index (χ4v) is 1.64. The molecule has 100 valence electrons. The third-order valence-corrected chi connectivity index (χ3v) is 2.57. The minimum absolute atomic E-state index is 0.0209. The number of imidazole rings is 1. The van der Waals surface area contributed by atoms with Crippen molar-refractivity contribution in [3.05, 3.63) is 36.5 Å². The van der Waals surface area contributed by atoms with Gasteiger partial charge in [-0.05, 0) is 19.1 Å². The normalized spacial score (nSPS) is 11.9. The maximum atomic E-state index is 11.9. The third kappa shape index (κ3) is 3.51. The average Bonchev–Trinajstić information content (AvgIpc) is 2.91. The van der Waals surface area contributed by atoms with Crippen molar-refractivity contribution in [3.8, 4) is 0 Å². The number of amides is 1. The van der Waals surface area contributed by atoms with Crippen molar-refractivity contribution in [1.29, 1.82) is 0 Å². The molecule has 2 aromatic rings. The molecule has 0 aliphatic rings. The Morgan fingerprint density at radius 2 is 2.26 bits per heavy atom. The number of hydrogen-bond acceptors (Lipinski definition) is 5. The van der Waals surface area contributed by atoms with Crippen molar-refractivity contribution < 1.29 is 4.79 Å². The number of nitrogens with one attached hydrogen (secondary N) is 2. The molecule has 0 saturated carbocycles. The van der Waals surface area contributed by atoms with Gasteiger partial charge >= 0.3 is 0 Å². The van der Waals surface area contributed by atoms with Gasteiger partial charge < -0.3 is 15.2 Å². The van der Waals surface area contributed by atoms with Crippen LogP contribution in [0.4, 0.5) is 5.82 Å². The van der Waals surface area contributed by atoms with Crippen LogP contribution in [0.1, 0.15) is 17.4 Å². The molecule has 2 aromatic heterocycles. The van der Waals surface area contributed by atoms with E-state index in [-0.39, 0.29) is 11.9 Å². The molecule has 1 amide bonds. The highest BCUT2D eigenvalue weighted by atomic mass is 16.2. The van der Waals surface area contributed by atoms with Gasteiger partial charge in [0.15, 0.2) is 5.69 Å². The predicted molar refractivity (Wildman–Crippen MR) is 70.7 cm³/mol. The quantitative estimate of drug-likeness (QED) is 0.819. The van der Waals surface area contributed by atoms with Gasteiger partial charge in [-0.15, -0.1) is 10.2 Å².